The number of ether oxygens (including phenoxy) is 1. The monoisotopic (exact) mass is 288 g/mol. The molecule has 1 heterocycles. The second-order valence-corrected chi connectivity index (χ2v) is 4.88. The van der Waals surface area contributed by atoms with Crippen molar-refractivity contribution >= 4 is 23.0 Å². The molecule has 1 radical (unpaired) electrons. The number of methoxy groups -OCH3 is 1. The van der Waals surface area contributed by atoms with Gasteiger partial charge in [-0.1, -0.05) is 23.7 Å². The molecule has 0 spiro atoms. The maximum Gasteiger partial charge on any atom is 0.128 e. The number of allylic oxidation sites excluding steroid dienone is 1. The third-order valence-corrected chi connectivity index (χ3v) is 3.55. The molecule has 101 valence electrons. The van der Waals surface area contributed by atoms with E-state index in [0.29, 0.717) is 28.5 Å². The van der Waals surface area contributed by atoms with E-state index >= 15 is 0 Å². The van der Waals surface area contributed by atoms with Gasteiger partial charge in [0.25, 0.3) is 0 Å². The van der Waals surface area contributed by atoms with Crippen LogP contribution in [-0.2, 0) is 6.42 Å². The highest BCUT2D eigenvalue weighted by Gasteiger charge is 2.17. The number of hydrogen-bond donors (Lipinski definition) is 1. The molecule has 0 unspecified atom stereocenters. The number of anilines is 1. The van der Waals surface area contributed by atoms with Gasteiger partial charge in [0.05, 0.1) is 23.5 Å². The molecule has 0 fully saturated rings. The predicted molar refractivity (Wildman–Crippen MR) is 78.4 cm³/mol. The highest BCUT2D eigenvalue weighted by Crippen LogP contribution is 2.36. The first-order chi connectivity index (χ1) is 9.69. The molecule has 1 aliphatic heterocycles. The number of rotatable bonds is 2. The van der Waals surface area contributed by atoms with Crippen molar-refractivity contribution in [2.75, 3.05) is 12.4 Å². The summed E-state index contributed by atoms with van der Waals surface area (Å²) in [6.45, 7) is 0. The number of hydrogen-bond acceptors (Lipinski definition) is 2. The molecule has 0 amide bonds. The number of fused-ring (bicyclic) bond motifs is 1. The van der Waals surface area contributed by atoms with Crippen LogP contribution in [0, 0.1) is 11.9 Å². The molecule has 0 aliphatic carbocycles. The fraction of sp³-hybridized carbons (Fsp3) is 0.125. The summed E-state index contributed by atoms with van der Waals surface area (Å²) in [5.41, 5.74) is 3.23. The second kappa shape index (κ2) is 5.17. The summed E-state index contributed by atoms with van der Waals surface area (Å²) in [6, 6.07) is 10.1. The van der Waals surface area contributed by atoms with E-state index in [2.05, 4.69) is 11.4 Å². The Hall–Kier alpha value is -2.00. The van der Waals surface area contributed by atoms with Crippen molar-refractivity contribution in [1.29, 1.82) is 0 Å². The summed E-state index contributed by atoms with van der Waals surface area (Å²) in [5, 5.41) is 3.85. The van der Waals surface area contributed by atoms with Crippen molar-refractivity contribution in [2.45, 2.75) is 6.42 Å². The third-order valence-electron chi connectivity index (χ3n) is 3.24. The molecule has 1 aliphatic rings. The summed E-state index contributed by atoms with van der Waals surface area (Å²) in [6.07, 6.45) is 3.84. The summed E-state index contributed by atoms with van der Waals surface area (Å²) >= 11 is 6.19. The Labute approximate surface area is 121 Å². The smallest absolute Gasteiger partial charge is 0.128 e. The lowest BCUT2D eigenvalue weighted by Gasteiger charge is -2.21. The molecule has 2 nitrogen and oxygen atoms in total. The van der Waals surface area contributed by atoms with E-state index < -0.39 is 0 Å². The summed E-state index contributed by atoms with van der Waals surface area (Å²) in [4.78, 5) is 0. The zero-order valence-electron chi connectivity index (χ0n) is 10.8. The molecule has 0 atom stereocenters. The lowest BCUT2D eigenvalue weighted by molar-refractivity contribution is 0.412. The molecule has 0 bridgehead atoms. The lowest BCUT2D eigenvalue weighted by Crippen LogP contribution is -2.09. The second-order valence-electron chi connectivity index (χ2n) is 4.47. The Balaban J connectivity index is 2.04. The first-order valence-corrected chi connectivity index (χ1v) is 6.56. The van der Waals surface area contributed by atoms with Crippen LogP contribution < -0.4 is 10.1 Å². The van der Waals surface area contributed by atoms with Gasteiger partial charge in [-0.25, -0.2) is 4.39 Å². The van der Waals surface area contributed by atoms with Gasteiger partial charge in [-0.05, 0) is 35.9 Å². The average molecular weight is 289 g/mol. The summed E-state index contributed by atoms with van der Waals surface area (Å²) in [5.74, 6) is 0.277. The van der Waals surface area contributed by atoms with Crippen molar-refractivity contribution < 1.29 is 9.13 Å². The molecular formula is C16H12ClFNO. The maximum absolute atomic E-state index is 13.5. The molecule has 0 saturated carbocycles. The molecule has 3 rings (SSSR count). The number of benzene rings is 2. The number of halogens is 2. The molecular weight excluding hydrogens is 277 g/mol. The van der Waals surface area contributed by atoms with Crippen LogP contribution in [0.1, 0.15) is 11.1 Å². The topological polar surface area (TPSA) is 21.3 Å². The highest BCUT2D eigenvalue weighted by atomic mass is 35.5. The van der Waals surface area contributed by atoms with Gasteiger partial charge in [-0.3, -0.25) is 0 Å². The minimum Gasteiger partial charge on any atom is -0.496 e. The lowest BCUT2D eigenvalue weighted by atomic mass is 10.0. The van der Waals surface area contributed by atoms with Gasteiger partial charge in [0.1, 0.15) is 11.6 Å². The zero-order chi connectivity index (χ0) is 14.1. The van der Waals surface area contributed by atoms with Gasteiger partial charge in [0.15, 0.2) is 0 Å². The van der Waals surface area contributed by atoms with Crippen LogP contribution in [0.15, 0.2) is 36.4 Å². The normalized spacial score (nSPS) is 13.2. The van der Waals surface area contributed by atoms with Crippen LogP contribution in [0.2, 0.25) is 5.02 Å². The van der Waals surface area contributed by atoms with Crippen molar-refractivity contribution in [3.63, 3.8) is 0 Å². The highest BCUT2D eigenvalue weighted by molar-refractivity contribution is 6.33. The van der Waals surface area contributed by atoms with E-state index in [-0.39, 0.29) is 5.82 Å². The molecule has 20 heavy (non-hydrogen) atoms. The number of para-hydroxylation sites is 1. The number of nitrogens with one attached hydrogen (secondary N) is 1. The molecule has 0 aromatic heterocycles. The minimum atomic E-state index is -0.318. The Morgan fingerprint density at radius 1 is 1.30 bits per heavy atom. The largest absolute Gasteiger partial charge is 0.496 e. The average Bonchev–Trinajstić information content (AvgIpc) is 2.47. The maximum atomic E-state index is 13.5. The summed E-state index contributed by atoms with van der Waals surface area (Å²) in [7, 11) is 1.56. The van der Waals surface area contributed by atoms with Crippen LogP contribution >= 0.6 is 11.6 Å². The Morgan fingerprint density at radius 2 is 2.15 bits per heavy atom. The van der Waals surface area contributed by atoms with Gasteiger partial charge in [0, 0.05) is 12.0 Å². The molecule has 0 saturated heterocycles. The molecule has 2 aromatic rings. The van der Waals surface area contributed by atoms with Crippen LogP contribution in [-0.4, -0.2) is 7.11 Å². The summed E-state index contributed by atoms with van der Waals surface area (Å²) < 4.78 is 18.7. The van der Waals surface area contributed by atoms with E-state index in [1.807, 2.05) is 18.2 Å². The first kappa shape index (κ1) is 13.0. The standard InChI is InChI=1S/C16H12ClFNO/c1-20-15-8-6-11(18)9-12(15)14-7-5-10-3-2-4-13(17)16(10)19-14/h2-4,6,8-9,19H,5H2,1H3. The Morgan fingerprint density at radius 3 is 2.95 bits per heavy atom. The van der Waals surface area contributed by atoms with E-state index in [1.165, 1.54) is 12.1 Å². The Bertz CT molecular complexity index is 697. The SMILES string of the molecule is COc1ccc(F)cc1C1=[C]Cc2cccc(Cl)c2N1. The fourth-order valence-electron chi connectivity index (χ4n) is 2.25. The van der Waals surface area contributed by atoms with Crippen LogP contribution in [0.5, 0.6) is 5.75 Å². The van der Waals surface area contributed by atoms with E-state index in [4.69, 9.17) is 16.3 Å². The van der Waals surface area contributed by atoms with E-state index in [0.717, 1.165) is 11.3 Å². The van der Waals surface area contributed by atoms with Crippen LogP contribution in [0.3, 0.4) is 0 Å². The van der Waals surface area contributed by atoms with E-state index in [1.54, 1.807) is 13.2 Å². The zero-order valence-corrected chi connectivity index (χ0v) is 11.6. The third kappa shape index (κ3) is 2.25. The molecule has 2 aromatic carbocycles. The van der Waals surface area contributed by atoms with E-state index in [9.17, 15) is 4.39 Å². The van der Waals surface area contributed by atoms with Crippen molar-refractivity contribution in [1.82, 2.24) is 0 Å². The van der Waals surface area contributed by atoms with Gasteiger partial charge in [-0.2, -0.15) is 0 Å². The van der Waals surface area contributed by atoms with Gasteiger partial charge >= 0.3 is 0 Å². The van der Waals surface area contributed by atoms with Crippen LogP contribution in [0.4, 0.5) is 10.1 Å². The molecule has 4 heteroatoms. The van der Waals surface area contributed by atoms with Crippen molar-refractivity contribution in [2.24, 2.45) is 0 Å². The minimum absolute atomic E-state index is 0.318. The first-order valence-electron chi connectivity index (χ1n) is 6.18. The van der Waals surface area contributed by atoms with Gasteiger partial charge in [-0.15, -0.1) is 0 Å². The van der Waals surface area contributed by atoms with Gasteiger partial charge in [0.2, 0.25) is 0 Å². The van der Waals surface area contributed by atoms with Crippen molar-refractivity contribution in [3.8, 4) is 5.75 Å². The van der Waals surface area contributed by atoms with Crippen molar-refractivity contribution in [3.05, 3.63) is 64.4 Å². The molecule has 1 N–H and O–H groups in total. The fourth-order valence-corrected chi connectivity index (χ4v) is 2.49. The van der Waals surface area contributed by atoms with Crippen LogP contribution in [0.25, 0.3) is 5.70 Å². The quantitative estimate of drug-likeness (QED) is 0.889. The van der Waals surface area contributed by atoms with Gasteiger partial charge < -0.3 is 10.1 Å². The Kier molecular flexibility index (Phi) is 3.36. The predicted octanol–water partition coefficient (Wildman–Crippen LogP) is 4.30.